The summed E-state index contributed by atoms with van der Waals surface area (Å²) in [6.07, 6.45) is 3.83. The summed E-state index contributed by atoms with van der Waals surface area (Å²) in [4.78, 5) is 3.36. The summed E-state index contributed by atoms with van der Waals surface area (Å²) in [6.45, 7) is 7.68. The quantitative estimate of drug-likeness (QED) is 0.579. The van der Waals surface area contributed by atoms with Crippen LogP contribution in [0.1, 0.15) is 5.56 Å². The lowest BCUT2D eigenvalue weighted by molar-refractivity contribution is -0.688. The number of nitrogens with zero attached hydrogens (tertiary/aromatic N) is 2. The molecule has 3 heteroatoms. The predicted molar refractivity (Wildman–Crippen MR) is 65.0 cm³/mol. The molecule has 1 heterocycles. The highest BCUT2D eigenvalue weighted by molar-refractivity contribution is 5.40. The molecule has 0 N–H and O–H groups in total. The fourth-order valence-corrected chi connectivity index (χ4v) is 1.57. The van der Waals surface area contributed by atoms with Gasteiger partial charge < -0.3 is 4.74 Å². The first kappa shape index (κ1) is 11.2. The summed E-state index contributed by atoms with van der Waals surface area (Å²) in [7, 11) is 1.66. The maximum atomic E-state index is 6.88. The van der Waals surface area contributed by atoms with Crippen molar-refractivity contribution in [1.29, 1.82) is 0 Å². The molecule has 2 rings (SSSR count). The van der Waals surface area contributed by atoms with E-state index < -0.39 is 0 Å². The van der Waals surface area contributed by atoms with Gasteiger partial charge in [0.15, 0.2) is 24.6 Å². The van der Waals surface area contributed by atoms with E-state index >= 15 is 0 Å². The normalized spacial score (nSPS) is 9.65. The number of aromatic nitrogens is 1. The first-order valence-electron chi connectivity index (χ1n) is 5.31. The second-order valence-electron chi connectivity index (χ2n) is 3.69. The topological polar surface area (TPSA) is 17.5 Å². The van der Waals surface area contributed by atoms with Gasteiger partial charge in [-0.2, -0.15) is 0 Å². The molecule has 84 valence electrons. The highest BCUT2D eigenvalue weighted by Gasteiger charge is 2.02. The first-order chi connectivity index (χ1) is 8.31. The van der Waals surface area contributed by atoms with Crippen molar-refractivity contribution in [1.82, 2.24) is 0 Å². The third-order valence-corrected chi connectivity index (χ3v) is 2.53. The van der Waals surface area contributed by atoms with E-state index in [2.05, 4.69) is 4.85 Å². The largest absolute Gasteiger partial charge is 0.497 e. The molecule has 0 aliphatic carbocycles. The van der Waals surface area contributed by atoms with Gasteiger partial charge >= 0.3 is 0 Å². The SMILES string of the molecule is [C-]#[N+]c1cc[n+](Cc2ccc(OC)cc2)cc1. The van der Waals surface area contributed by atoms with Crippen molar-refractivity contribution >= 4 is 5.69 Å². The minimum absolute atomic E-state index is 0.663. The second-order valence-corrected chi connectivity index (χ2v) is 3.69. The van der Waals surface area contributed by atoms with Crippen LogP contribution in [0, 0.1) is 6.57 Å². The van der Waals surface area contributed by atoms with Crippen LogP contribution in [0.15, 0.2) is 48.8 Å². The van der Waals surface area contributed by atoms with E-state index in [4.69, 9.17) is 11.3 Å². The Labute approximate surface area is 101 Å². The molecule has 0 atom stereocenters. The molecule has 0 fully saturated rings. The zero-order chi connectivity index (χ0) is 12.1. The van der Waals surface area contributed by atoms with E-state index in [1.165, 1.54) is 5.56 Å². The Bertz CT molecular complexity index is 524. The van der Waals surface area contributed by atoms with Crippen LogP contribution in [-0.2, 0) is 6.54 Å². The molecule has 0 radical (unpaired) electrons. The lowest BCUT2D eigenvalue weighted by Gasteiger charge is -2.01. The van der Waals surface area contributed by atoms with Gasteiger partial charge in [0.25, 0.3) is 0 Å². The van der Waals surface area contributed by atoms with E-state index in [-0.39, 0.29) is 0 Å². The highest BCUT2D eigenvalue weighted by atomic mass is 16.5. The van der Waals surface area contributed by atoms with Crippen LogP contribution in [0.3, 0.4) is 0 Å². The van der Waals surface area contributed by atoms with Crippen molar-refractivity contribution in [2.45, 2.75) is 6.54 Å². The van der Waals surface area contributed by atoms with Crippen molar-refractivity contribution in [3.05, 3.63) is 65.8 Å². The zero-order valence-corrected chi connectivity index (χ0v) is 9.63. The van der Waals surface area contributed by atoms with Gasteiger partial charge in [0, 0.05) is 17.7 Å². The summed E-state index contributed by atoms with van der Waals surface area (Å²) >= 11 is 0. The fourth-order valence-electron chi connectivity index (χ4n) is 1.57. The third kappa shape index (κ3) is 2.82. The van der Waals surface area contributed by atoms with Gasteiger partial charge in [-0.1, -0.05) is 0 Å². The van der Waals surface area contributed by atoms with Gasteiger partial charge in [0.05, 0.1) is 13.7 Å². The number of hydrogen-bond acceptors (Lipinski definition) is 1. The number of pyridine rings is 1. The standard InChI is InChI=1S/C14H13N2O/c1-15-13-7-9-16(10-8-13)11-12-3-5-14(17-2)6-4-12/h3-10H,11H2,2H3/q+1. The van der Waals surface area contributed by atoms with Crippen LogP contribution in [0.25, 0.3) is 4.85 Å². The first-order valence-corrected chi connectivity index (χ1v) is 5.31. The lowest BCUT2D eigenvalue weighted by atomic mass is 10.2. The number of hydrogen-bond donors (Lipinski definition) is 0. The fraction of sp³-hybridized carbons (Fsp3) is 0.143. The second kappa shape index (κ2) is 5.13. The van der Waals surface area contributed by atoms with Gasteiger partial charge in [-0.25, -0.2) is 9.41 Å². The summed E-state index contributed by atoms with van der Waals surface area (Å²) in [6, 6.07) is 11.6. The van der Waals surface area contributed by atoms with E-state index in [1.807, 2.05) is 53.4 Å². The van der Waals surface area contributed by atoms with Crippen molar-refractivity contribution < 1.29 is 9.30 Å². The summed E-state index contributed by atoms with van der Waals surface area (Å²) < 4.78 is 7.15. The Hall–Kier alpha value is -2.34. The molecule has 1 aromatic heterocycles. The molecule has 0 aliphatic rings. The summed E-state index contributed by atoms with van der Waals surface area (Å²) in [5.74, 6) is 0.863. The average Bonchev–Trinajstić information content (AvgIpc) is 2.40. The number of methoxy groups -OCH3 is 1. The number of benzene rings is 1. The number of ether oxygens (including phenoxy) is 1. The molecule has 1 aromatic carbocycles. The molecule has 2 aromatic rings. The van der Waals surface area contributed by atoms with Crippen LogP contribution >= 0.6 is 0 Å². The van der Waals surface area contributed by atoms with Crippen LogP contribution in [0.2, 0.25) is 0 Å². The van der Waals surface area contributed by atoms with Crippen molar-refractivity contribution in [3.63, 3.8) is 0 Å². The number of rotatable bonds is 3. The van der Waals surface area contributed by atoms with Gasteiger partial charge in [-0.15, -0.1) is 0 Å². The Kier molecular flexibility index (Phi) is 3.37. The summed E-state index contributed by atoms with van der Waals surface area (Å²) in [5.41, 5.74) is 1.86. The monoisotopic (exact) mass is 225 g/mol. The molecule has 17 heavy (non-hydrogen) atoms. The van der Waals surface area contributed by atoms with Crippen LogP contribution < -0.4 is 9.30 Å². The zero-order valence-electron chi connectivity index (χ0n) is 9.63. The predicted octanol–water partition coefficient (Wildman–Crippen LogP) is 2.58. The maximum Gasteiger partial charge on any atom is 0.198 e. The molecule has 3 nitrogen and oxygen atoms in total. The molecular formula is C14H13N2O+. The van der Waals surface area contributed by atoms with Gasteiger partial charge in [0.2, 0.25) is 0 Å². The van der Waals surface area contributed by atoms with E-state index in [9.17, 15) is 0 Å². The minimum atomic E-state index is 0.663. The van der Waals surface area contributed by atoms with Crippen LogP contribution in [0.5, 0.6) is 5.75 Å². The van der Waals surface area contributed by atoms with E-state index in [0.29, 0.717) is 5.69 Å². The average molecular weight is 225 g/mol. The van der Waals surface area contributed by atoms with Crippen molar-refractivity contribution in [2.24, 2.45) is 0 Å². The maximum absolute atomic E-state index is 6.88. The Morgan fingerprint density at radius 1 is 1.12 bits per heavy atom. The Morgan fingerprint density at radius 2 is 1.76 bits per heavy atom. The summed E-state index contributed by atoms with van der Waals surface area (Å²) in [5, 5.41) is 0. The van der Waals surface area contributed by atoms with Gasteiger partial charge in [0.1, 0.15) is 5.75 Å². The molecule has 0 aliphatic heterocycles. The minimum Gasteiger partial charge on any atom is -0.497 e. The molecule has 0 saturated heterocycles. The van der Waals surface area contributed by atoms with Crippen molar-refractivity contribution in [2.75, 3.05) is 7.11 Å². The smallest absolute Gasteiger partial charge is 0.198 e. The van der Waals surface area contributed by atoms with E-state index in [1.54, 1.807) is 7.11 Å². The molecule has 0 bridgehead atoms. The molecular weight excluding hydrogens is 212 g/mol. The third-order valence-electron chi connectivity index (χ3n) is 2.53. The van der Waals surface area contributed by atoms with Crippen LogP contribution in [0.4, 0.5) is 5.69 Å². The highest BCUT2D eigenvalue weighted by Crippen LogP contribution is 2.11. The Morgan fingerprint density at radius 3 is 2.29 bits per heavy atom. The molecule has 0 amide bonds. The lowest BCUT2D eigenvalue weighted by Crippen LogP contribution is -2.32. The van der Waals surface area contributed by atoms with Crippen LogP contribution in [-0.4, -0.2) is 7.11 Å². The molecule has 0 unspecified atom stereocenters. The molecule has 0 saturated carbocycles. The molecule has 0 spiro atoms. The van der Waals surface area contributed by atoms with E-state index in [0.717, 1.165) is 12.3 Å². The Balaban J connectivity index is 2.11. The van der Waals surface area contributed by atoms with Crippen molar-refractivity contribution in [3.8, 4) is 5.75 Å². The van der Waals surface area contributed by atoms with Gasteiger partial charge in [-0.3, -0.25) is 0 Å². The van der Waals surface area contributed by atoms with Gasteiger partial charge in [-0.05, 0) is 24.3 Å².